The second-order valence-electron chi connectivity index (χ2n) is 6.31. The number of hydrogen-bond acceptors (Lipinski definition) is 5. The molecule has 0 fully saturated rings. The van der Waals surface area contributed by atoms with Gasteiger partial charge in [0.2, 0.25) is 0 Å². The Morgan fingerprint density at radius 2 is 1.92 bits per heavy atom. The van der Waals surface area contributed by atoms with Crippen molar-refractivity contribution in [3.8, 4) is 11.4 Å². The Balaban J connectivity index is 1.66. The van der Waals surface area contributed by atoms with E-state index in [1.807, 2.05) is 44.2 Å². The topological polar surface area (TPSA) is 73.1 Å². The Bertz CT molecular complexity index is 949. The van der Waals surface area contributed by atoms with Crippen LogP contribution in [0, 0.1) is 13.8 Å². The molecule has 2 aromatic carbocycles. The zero-order valence-corrected chi connectivity index (χ0v) is 14.7. The van der Waals surface area contributed by atoms with Crippen molar-refractivity contribution < 1.29 is 9.53 Å². The number of carbonyl (C=O) groups is 1. The van der Waals surface area contributed by atoms with Crippen molar-refractivity contribution in [3.05, 3.63) is 59.4 Å². The molecule has 3 aromatic rings. The molecule has 2 heterocycles. The molecule has 26 heavy (non-hydrogen) atoms. The van der Waals surface area contributed by atoms with Gasteiger partial charge in [-0.1, -0.05) is 6.07 Å². The summed E-state index contributed by atoms with van der Waals surface area (Å²) in [6, 6.07) is 13.2. The number of rotatable bonds is 2. The van der Waals surface area contributed by atoms with Gasteiger partial charge in [0, 0.05) is 12.1 Å². The summed E-state index contributed by atoms with van der Waals surface area (Å²) in [7, 11) is 0. The molecule has 1 aliphatic heterocycles. The fourth-order valence-electron chi connectivity index (χ4n) is 3.07. The van der Waals surface area contributed by atoms with Crippen molar-refractivity contribution in [2.75, 3.05) is 18.1 Å². The van der Waals surface area contributed by atoms with Gasteiger partial charge in [-0.05, 0) is 72.7 Å². The number of aryl methyl sites for hydroxylation is 2. The second kappa shape index (κ2) is 6.59. The molecule has 0 aliphatic carbocycles. The highest BCUT2D eigenvalue weighted by molar-refractivity contribution is 6.07. The van der Waals surface area contributed by atoms with E-state index in [-0.39, 0.29) is 5.91 Å². The lowest BCUT2D eigenvalue weighted by molar-refractivity contribution is 0.0987. The van der Waals surface area contributed by atoms with Gasteiger partial charge in [-0.3, -0.25) is 4.79 Å². The molecule has 0 saturated heterocycles. The molecule has 7 heteroatoms. The zero-order chi connectivity index (χ0) is 18.1. The van der Waals surface area contributed by atoms with Crippen LogP contribution in [-0.2, 0) is 0 Å². The molecule has 0 spiro atoms. The summed E-state index contributed by atoms with van der Waals surface area (Å²) >= 11 is 0. The average molecular weight is 349 g/mol. The first-order chi connectivity index (χ1) is 12.6. The van der Waals surface area contributed by atoms with Crippen LogP contribution in [0.2, 0.25) is 0 Å². The third kappa shape index (κ3) is 2.92. The number of benzene rings is 2. The number of carbonyl (C=O) groups excluding carboxylic acids is 1. The van der Waals surface area contributed by atoms with Gasteiger partial charge < -0.3 is 9.64 Å². The molecule has 1 aromatic heterocycles. The number of amides is 1. The van der Waals surface area contributed by atoms with Crippen LogP contribution in [0.3, 0.4) is 0 Å². The van der Waals surface area contributed by atoms with Gasteiger partial charge in [-0.2, -0.15) is 4.68 Å². The summed E-state index contributed by atoms with van der Waals surface area (Å²) in [6.45, 7) is 5.08. The lowest BCUT2D eigenvalue weighted by Crippen LogP contribution is -2.31. The Labute approximate surface area is 151 Å². The van der Waals surface area contributed by atoms with E-state index >= 15 is 0 Å². The summed E-state index contributed by atoms with van der Waals surface area (Å²) in [4.78, 5) is 14.9. The van der Waals surface area contributed by atoms with Crippen molar-refractivity contribution in [2.24, 2.45) is 0 Å². The molecule has 0 saturated carbocycles. The largest absolute Gasteiger partial charge is 0.491 e. The van der Waals surface area contributed by atoms with Crippen LogP contribution >= 0.6 is 0 Å². The minimum absolute atomic E-state index is 0.0395. The molecule has 4 rings (SSSR count). The van der Waals surface area contributed by atoms with Crippen LogP contribution in [0.5, 0.6) is 5.75 Å². The van der Waals surface area contributed by atoms with E-state index in [0.717, 1.165) is 29.1 Å². The van der Waals surface area contributed by atoms with Crippen LogP contribution in [0.25, 0.3) is 5.69 Å². The SMILES string of the molecule is Cc1ccc2c(c1)N(C(=O)c1ccc(-n3nnnc3C)cc1)CCCO2. The van der Waals surface area contributed by atoms with Gasteiger partial charge in [0.1, 0.15) is 5.75 Å². The Morgan fingerprint density at radius 1 is 1.12 bits per heavy atom. The van der Waals surface area contributed by atoms with Crippen LogP contribution in [0.15, 0.2) is 42.5 Å². The van der Waals surface area contributed by atoms with E-state index in [0.29, 0.717) is 24.5 Å². The van der Waals surface area contributed by atoms with Crippen molar-refractivity contribution in [1.29, 1.82) is 0 Å². The summed E-state index contributed by atoms with van der Waals surface area (Å²) in [6.07, 6.45) is 0.793. The molecule has 7 nitrogen and oxygen atoms in total. The molecule has 0 atom stereocenters. The smallest absolute Gasteiger partial charge is 0.258 e. The van der Waals surface area contributed by atoms with Crippen LogP contribution < -0.4 is 9.64 Å². The van der Waals surface area contributed by atoms with Gasteiger partial charge in [-0.15, -0.1) is 5.10 Å². The predicted molar refractivity (Wildman–Crippen MR) is 96.9 cm³/mol. The van der Waals surface area contributed by atoms with Gasteiger partial charge in [-0.25, -0.2) is 0 Å². The second-order valence-corrected chi connectivity index (χ2v) is 6.31. The molecule has 0 unspecified atom stereocenters. The highest BCUT2D eigenvalue weighted by Crippen LogP contribution is 2.33. The quantitative estimate of drug-likeness (QED) is 0.711. The maximum Gasteiger partial charge on any atom is 0.258 e. The van der Waals surface area contributed by atoms with E-state index in [1.165, 1.54) is 0 Å². The number of nitrogens with zero attached hydrogens (tertiary/aromatic N) is 5. The maximum absolute atomic E-state index is 13.1. The van der Waals surface area contributed by atoms with E-state index in [2.05, 4.69) is 15.5 Å². The lowest BCUT2D eigenvalue weighted by atomic mass is 10.1. The molecule has 0 bridgehead atoms. The normalized spacial score (nSPS) is 13.7. The summed E-state index contributed by atoms with van der Waals surface area (Å²) in [5.74, 6) is 1.41. The number of tetrazole rings is 1. The van der Waals surface area contributed by atoms with Crippen molar-refractivity contribution in [1.82, 2.24) is 20.2 Å². The molecule has 1 amide bonds. The van der Waals surface area contributed by atoms with Gasteiger partial charge in [0.25, 0.3) is 5.91 Å². The zero-order valence-electron chi connectivity index (χ0n) is 14.7. The first kappa shape index (κ1) is 16.3. The third-order valence-electron chi connectivity index (χ3n) is 4.42. The summed E-state index contributed by atoms with van der Waals surface area (Å²) < 4.78 is 7.41. The standard InChI is InChI=1S/C19H19N5O2/c1-13-4-9-18-17(12-13)23(10-3-11-26-18)19(25)15-5-7-16(8-6-15)24-14(2)20-21-22-24/h4-9,12H,3,10-11H2,1-2H3. The number of anilines is 1. The van der Waals surface area contributed by atoms with Crippen molar-refractivity contribution >= 4 is 11.6 Å². The third-order valence-corrected chi connectivity index (χ3v) is 4.42. The Morgan fingerprint density at radius 3 is 2.65 bits per heavy atom. The number of fused-ring (bicyclic) bond motifs is 1. The first-order valence-corrected chi connectivity index (χ1v) is 8.54. The highest BCUT2D eigenvalue weighted by Gasteiger charge is 2.23. The van der Waals surface area contributed by atoms with E-state index < -0.39 is 0 Å². The molecular formula is C19H19N5O2. The fourth-order valence-corrected chi connectivity index (χ4v) is 3.07. The molecule has 0 N–H and O–H groups in total. The van der Waals surface area contributed by atoms with E-state index in [4.69, 9.17) is 4.74 Å². The fraction of sp³-hybridized carbons (Fsp3) is 0.263. The Kier molecular flexibility index (Phi) is 4.12. The van der Waals surface area contributed by atoms with E-state index in [1.54, 1.807) is 21.7 Å². The van der Waals surface area contributed by atoms with Crippen molar-refractivity contribution in [2.45, 2.75) is 20.3 Å². The minimum atomic E-state index is -0.0395. The van der Waals surface area contributed by atoms with Crippen molar-refractivity contribution in [3.63, 3.8) is 0 Å². The van der Waals surface area contributed by atoms with E-state index in [9.17, 15) is 4.79 Å². The van der Waals surface area contributed by atoms with Gasteiger partial charge in [0.05, 0.1) is 18.0 Å². The maximum atomic E-state index is 13.1. The monoisotopic (exact) mass is 349 g/mol. The number of hydrogen-bond donors (Lipinski definition) is 0. The lowest BCUT2D eigenvalue weighted by Gasteiger charge is -2.22. The summed E-state index contributed by atoms with van der Waals surface area (Å²) in [5.41, 5.74) is 3.36. The van der Waals surface area contributed by atoms with Gasteiger partial charge in [0.15, 0.2) is 5.82 Å². The van der Waals surface area contributed by atoms with Crippen LogP contribution in [-0.4, -0.2) is 39.3 Å². The first-order valence-electron chi connectivity index (χ1n) is 8.54. The molecule has 0 radical (unpaired) electrons. The molecule has 1 aliphatic rings. The molecular weight excluding hydrogens is 330 g/mol. The average Bonchev–Trinajstić information content (AvgIpc) is 2.97. The summed E-state index contributed by atoms with van der Waals surface area (Å²) in [5, 5.41) is 11.5. The van der Waals surface area contributed by atoms with Gasteiger partial charge >= 0.3 is 0 Å². The predicted octanol–water partition coefficient (Wildman–Crippen LogP) is 2.71. The number of ether oxygens (including phenoxy) is 1. The minimum Gasteiger partial charge on any atom is -0.491 e. The van der Waals surface area contributed by atoms with Crippen LogP contribution in [0.4, 0.5) is 5.69 Å². The Hall–Kier alpha value is -3.22. The number of aromatic nitrogens is 4. The molecule has 132 valence electrons. The highest BCUT2D eigenvalue weighted by atomic mass is 16.5. The van der Waals surface area contributed by atoms with Crippen LogP contribution in [0.1, 0.15) is 28.2 Å².